The number of H-pyrrole nitrogens is 2. The van der Waals surface area contributed by atoms with Crippen molar-refractivity contribution in [2.45, 2.75) is 6.42 Å². The van der Waals surface area contributed by atoms with E-state index in [0.717, 1.165) is 51.8 Å². The molecular weight excluding hydrogens is 340 g/mol. The summed E-state index contributed by atoms with van der Waals surface area (Å²) in [5.74, 6) is 0.866. The number of benzene rings is 1. The summed E-state index contributed by atoms with van der Waals surface area (Å²) in [6.45, 7) is 1.40. The molecule has 0 aliphatic carbocycles. The van der Waals surface area contributed by atoms with Gasteiger partial charge in [-0.15, -0.1) is 0 Å². The Morgan fingerprint density at radius 2 is 2.04 bits per heavy atom. The smallest absolute Gasteiger partial charge is 0.257 e. The molecule has 0 radical (unpaired) electrons. The molecule has 4 N–H and O–H groups in total. The fourth-order valence-corrected chi connectivity index (χ4v) is 3.75. The van der Waals surface area contributed by atoms with Crippen molar-refractivity contribution in [2.75, 3.05) is 30.8 Å². The van der Waals surface area contributed by atoms with Gasteiger partial charge in [0.05, 0.1) is 29.0 Å². The molecule has 2 aromatic heterocycles. The molecule has 2 aliphatic rings. The Morgan fingerprint density at radius 1 is 1.19 bits per heavy atom. The van der Waals surface area contributed by atoms with Crippen LogP contribution in [0.5, 0.6) is 0 Å². The van der Waals surface area contributed by atoms with E-state index in [9.17, 15) is 4.79 Å². The normalized spacial score (nSPS) is 15.7. The lowest BCUT2D eigenvalue weighted by Gasteiger charge is -2.23. The third-order valence-corrected chi connectivity index (χ3v) is 5.13. The predicted molar refractivity (Wildman–Crippen MR) is 105 cm³/mol. The van der Waals surface area contributed by atoms with Crippen LogP contribution in [-0.2, 0) is 6.42 Å². The lowest BCUT2D eigenvalue weighted by Crippen LogP contribution is -2.34. The molecule has 3 aromatic rings. The number of para-hydroxylation sites is 1. The molecule has 7 heteroatoms. The van der Waals surface area contributed by atoms with Crippen LogP contribution in [0.25, 0.3) is 5.57 Å². The third-order valence-electron chi connectivity index (χ3n) is 5.13. The summed E-state index contributed by atoms with van der Waals surface area (Å²) in [5, 5.41) is 6.74. The number of nitrogens with one attached hydrogen (secondary N) is 4. The fraction of sp³-hybridized carbons (Fsp3) is 0.200. The Balaban J connectivity index is 1.69. The topological polar surface area (TPSA) is 88.8 Å². The molecule has 136 valence electrons. The predicted octanol–water partition coefficient (Wildman–Crippen LogP) is 2.97. The molecule has 0 atom stereocenters. The number of fused-ring (bicyclic) bond motifs is 2. The third kappa shape index (κ3) is 2.51. The Hall–Kier alpha value is -3.48. The molecule has 0 spiro atoms. The van der Waals surface area contributed by atoms with Crippen LogP contribution in [0.1, 0.15) is 27.4 Å². The summed E-state index contributed by atoms with van der Waals surface area (Å²) >= 11 is 0. The number of anilines is 3. The van der Waals surface area contributed by atoms with Gasteiger partial charge in [-0.1, -0.05) is 24.3 Å². The number of rotatable bonds is 3. The number of likely N-dealkylation sites (N-methyl/N-ethyl adjacent to an activating group) is 1. The number of hydrogen-bond donors (Lipinski definition) is 4. The van der Waals surface area contributed by atoms with Gasteiger partial charge in [0, 0.05) is 43.5 Å². The van der Waals surface area contributed by atoms with Crippen LogP contribution in [-0.4, -0.2) is 45.9 Å². The van der Waals surface area contributed by atoms with Crippen molar-refractivity contribution in [3.8, 4) is 0 Å². The van der Waals surface area contributed by atoms with Crippen molar-refractivity contribution in [2.24, 2.45) is 0 Å². The molecule has 1 amide bonds. The Labute approximate surface area is 156 Å². The molecule has 2 aliphatic heterocycles. The van der Waals surface area contributed by atoms with Crippen molar-refractivity contribution >= 4 is 28.7 Å². The summed E-state index contributed by atoms with van der Waals surface area (Å²) in [7, 11) is 1.85. The van der Waals surface area contributed by atoms with Crippen LogP contribution in [0.2, 0.25) is 0 Å². The Morgan fingerprint density at radius 3 is 2.89 bits per heavy atom. The molecule has 4 heterocycles. The average molecular weight is 360 g/mol. The zero-order valence-electron chi connectivity index (χ0n) is 15.0. The number of imidazole rings is 1. The number of hydrogen-bond acceptors (Lipinski definition) is 4. The van der Waals surface area contributed by atoms with Gasteiger partial charge in [-0.25, -0.2) is 4.98 Å². The van der Waals surface area contributed by atoms with E-state index in [1.165, 1.54) is 0 Å². The number of amides is 1. The van der Waals surface area contributed by atoms with Crippen molar-refractivity contribution in [3.05, 3.63) is 65.4 Å². The van der Waals surface area contributed by atoms with Crippen LogP contribution in [0, 0.1) is 0 Å². The molecule has 0 unspecified atom stereocenters. The number of carbonyl (C=O) groups excluding carboxylic acids is 1. The first-order valence-electron chi connectivity index (χ1n) is 9.03. The molecule has 5 rings (SSSR count). The number of aromatic nitrogens is 3. The van der Waals surface area contributed by atoms with E-state index in [0.29, 0.717) is 13.1 Å². The van der Waals surface area contributed by atoms with Crippen molar-refractivity contribution in [1.82, 2.24) is 19.9 Å². The second kappa shape index (κ2) is 6.05. The van der Waals surface area contributed by atoms with E-state index >= 15 is 0 Å². The summed E-state index contributed by atoms with van der Waals surface area (Å²) in [6, 6.07) is 9.93. The lowest BCUT2D eigenvalue weighted by atomic mass is 10.0. The number of aromatic amines is 2. The highest BCUT2D eigenvalue weighted by molar-refractivity contribution is 6.06. The second-order valence-corrected chi connectivity index (χ2v) is 6.82. The van der Waals surface area contributed by atoms with Gasteiger partial charge < -0.3 is 25.5 Å². The number of nitrogens with zero attached hydrogens (tertiary/aromatic N) is 2. The zero-order chi connectivity index (χ0) is 18.4. The molecule has 0 saturated heterocycles. The highest BCUT2D eigenvalue weighted by Crippen LogP contribution is 2.39. The first-order chi connectivity index (χ1) is 13.2. The Kier molecular flexibility index (Phi) is 3.53. The van der Waals surface area contributed by atoms with Crippen LogP contribution in [0.4, 0.5) is 17.2 Å². The summed E-state index contributed by atoms with van der Waals surface area (Å²) in [5.41, 5.74) is 6.33. The van der Waals surface area contributed by atoms with Gasteiger partial charge in [0.1, 0.15) is 0 Å². The van der Waals surface area contributed by atoms with Crippen LogP contribution >= 0.6 is 0 Å². The Bertz CT molecular complexity index is 1050. The monoisotopic (exact) mass is 360 g/mol. The van der Waals surface area contributed by atoms with Gasteiger partial charge in [0.15, 0.2) is 5.82 Å². The second-order valence-electron chi connectivity index (χ2n) is 6.82. The molecule has 27 heavy (non-hydrogen) atoms. The first kappa shape index (κ1) is 15.7. The summed E-state index contributed by atoms with van der Waals surface area (Å²) in [6.07, 6.45) is 4.60. The SMILES string of the molecule is CN1CCc2[nH]c(C3=CCNc4nc[nH]c43)c(Nc3ccccc3)c2C1=O. The van der Waals surface area contributed by atoms with Gasteiger partial charge in [-0.2, -0.15) is 0 Å². The van der Waals surface area contributed by atoms with Crippen molar-refractivity contribution in [3.63, 3.8) is 0 Å². The zero-order valence-corrected chi connectivity index (χ0v) is 15.0. The molecule has 1 aromatic carbocycles. The maximum atomic E-state index is 12.9. The van der Waals surface area contributed by atoms with Gasteiger partial charge in [-0.3, -0.25) is 4.79 Å². The van der Waals surface area contributed by atoms with Crippen LogP contribution in [0.3, 0.4) is 0 Å². The van der Waals surface area contributed by atoms with Crippen LogP contribution < -0.4 is 10.6 Å². The van der Waals surface area contributed by atoms with E-state index in [1.54, 1.807) is 11.2 Å². The van der Waals surface area contributed by atoms with E-state index in [-0.39, 0.29) is 5.91 Å². The largest absolute Gasteiger partial charge is 0.365 e. The highest BCUT2D eigenvalue weighted by Gasteiger charge is 2.32. The quantitative estimate of drug-likeness (QED) is 0.578. The van der Waals surface area contributed by atoms with Gasteiger partial charge >= 0.3 is 0 Å². The molecular formula is C20H20N6O. The van der Waals surface area contributed by atoms with Crippen molar-refractivity contribution in [1.29, 1.82) is 0 Å². The minimum Gasteiger partial charge on any atom is -0.365 e. The summed E-state index contributed by atoms with van der Waals surface area (Å²) < 4.78 is 0. The highest BCUT2D eigenvalue weighted by atomic mass is 16.2. The number of carbonyl (C=O) groups is 1. The molecule has 0 bridgehead atoms. The summed E-state index contributed by atoms with van der Waals surface area (Å²) in [4.78, 5) is 25.8. The maximum Gasteiger partial charge on any atom is 0.257 e. The van der Waals surface area contributed by atoms with E-state index in [4.69, 9.17) is 0 Å². The van der Waals surface area contributed by atoms with Crippen molar-refractivity contribution < 1.29 is 4.79 Å². The lowest BCUT2D eigenvalue weighted by molar-refractivity contribution is 0.0781. The standard InChI is InChI=1S/C20H20N6O/c1-26-10-8-14-15(20(26)27)18(24-12-5-3-2-4-6-12)16(25-14)13-7-9-21-19-17(13)22-11-23-19/h2-7,11,21,24-25H,8-10H2,1H3,(H,22,23). The molecule has 7 nitrogen and oxygen atoms in total. The van der Waals surface area contributed by atoms with E-state index < -0.39 is 0 Å². The minimum absolute atomic E-state index is 0.0385. The fourth-order valence-electron chi connectivity index (χ4n) is 3.75. The first-order valence-corrected chi connectivity index (χ1v) is 9.03. The molecule has 0 saturated carbocycles. The minimum atomic E-state index is 0.0385. The maximum absolute atomic E-state index is 12.9. The van der Waals surface area contributed by atoms with Gasteiger partial charge in [0.25, 0.3) is 5.91 Å². The van der Waals surface area contributed by atoms with Crippen LogP contribution in [0.15, 0.2) is 42.7 Å². The average Bonchev–Trinajstić information content (AvgIpc) is 3.31. The van der Waals surface area contributed by atoms with Gasteiger partial charge in [-0.05, 0) is 12.1 Å². The van der Waals surface area contributed by atoms with E-state index in [1.807, 2.05) is 37.4 Å². The molecule has 0 fully saturated rings. The van der Waals surface area contributed by atoms with E-state index in [2.05, 4.69) is 31.7 Å². The van der Waals surface area contributed by atoms with Gasteiger partial charge in [0.2, 0.25) is 0 Å².